The molecular formula is C11H17NO2S. The van der Waals surface area contributed by atoms with E-state index >= 15 is 0 Å². The van der Waals surface area contributed by atoms with Crippen LogP contribution in [0.2, 0.25) is 0 Å². The first-order valence-corrected chi connectivity index (χ1v) is 5.88. The highest BCUT2D eigenvalue weighted by Gasteiger charge is 2.15. The Bertz CT molecular complexity index is 333. The topological polar surface area (TPSA) is 40.5 Å². The third kappa shape index (κ3) is 3.32. The summed E-state index contributed by atoms with van der Waals surface area (Å²) in [7, 11) is 1.77. The molecule has 0 radical (unpaired) electrons. The molecule has 84 valence electrons. The van der Waals surface area contributed by atoms with Gasteiger partial charge in [0.1, 0.15) is 0 Å². The molecule has 0 spiro atoms. The summed E-state index contributed by atoms with van der Waals surface area (Å²) < 4.78 is 0. The number of hydrogen-bond donors (Lipinski definition) is 1. The molecule has 1 aromatic rings. The summed E-state index contributed by atoms with van der Waals surface area (Å²) in [5.74, 6) is 0.0446. The van der Waals surface area contributed by atoms with Crippen molar-refractivity contribution in [2.75, 3.05) is 13.6 Å². The molecule has 3 nitrogen and oxygen atoms in total. The van der Waals surface area contributed by atoms with Crippen molar-refractivity contribution in [3.63, 3.8) is 0 Å². The van der Waals surface area contributed by atoms with Crippen LogP contribution in [0.3, 0.4) is 0 Å². The molecule has 1 heterocycles. The average Bonchev–Trinajstić information content (AvgIpc) is 2.59. The Kier molecular flexibility index (Phi) is 4.29. The maximum absolute atomic E-state index is 11.9. The fourth-order valence-electron chi connectivity index (χ4n) is 1.25. The second-order valence-corrected chi connectivity index (χ2v) is 4.71. The van der Waals surface area contributed by atoms with Gasteiger partial charge in [0.2, 0.25) is 0 Å². The molecule has 0 saturated heterocycles. The van der Waals surface area contributed by atoms with Crippen LogP contribution in [0.1, 0.15) is 28.6 Å². The summed E-state index contributed by atoms with van der Waals surface area (Å²) in [5.41, 5.74) is 1.02. The summed E-state index contributed by atoms with van der Waals surface area (Å²) in [6, 6.07) is 1.94. The molecule has 0 aliphatic rings. The van der Waals surface area contributed by atoms with Crippen LogP contribution in [0.5, 0.6) is 0 Å². The molecule has 0 fully saturated rings. The smallest absolute Gasteiger partial charge is 0.263 e. The van der Waals surface area contributed by atoms with Gasteiger partial charge in [0.15, 0.2) is 0 Å². The molecule has 0 saturated carbocycles. The van der Waals surface area contributed by atoms with Gasteiger partial charge < -0.3 is 10.0 Å². The van der Waals surface area contributed by atoms with E-state index in [2.05, 4.69) is 0 Å². The number of thiophene rings is 1. The number of hydrogen-bond acceptors (Lipinski definition) is 3. The fourth-order valence-corrected chi connectivity index (χ4v) is 2.17. The number of aliphatic hydroxyl groups is 1. The molecule has 0 aromatic carbocycles. The first-order valence-electron chi connectivity index (χ1n) is 5.00. The second-order valence-electron chi connectivity index (χ2n) is 3.80. The quantitative estimate of drug-likeness (QED) is 0.853. The van der Waals surface area contributed by atoms with Gasteiger partial charge in [-0.1, -0.05) is 0 Å². The summed E-state index contributed by atoms with van der Waals surface area (Å²) in [5, 5.41) is 11.1. The number of rotatable bonds is 4. The number of aryl methyl sites for hydroxylation is 1. The van der Waals surface area contributed by atoms with Crippen molar-refractivity contribution < 1.29 is 9.90 Å². The van der Waals surface area contributed by atoms with E-state index in [0.29, 0.717) is 13.0 Å². The van der Waals surface area contributed by atoms with Crippen LogP contribution in [0.4, 0.5) is 0 Å². The number of carbonyl (C=O) groups excluding carboxylic acids is 1. The van der Waals surface area contributed by atoms with E-state index in [1.807, 2.05) is 18.4 Å². The van der Waals surface area contributed by atoms with E-state index in [1.54, 1.807) is 18.9 Å². The first-order chi connectivity index (χ1) is 7.02. The van der Waals surface area contributed by atoms with Crippen molar-refractivity contribution in [1.29, 1.82) is 0 Å². The van der Waals surface area contributed by atoms with Gasteiger partial charge in [-0.25, -0.2) is 0 Å². The molecule has 15 heavy (non-hydrogen) atoms. The third-order valence-corrected chi connectivity index (χ3v) is 3.29. The van der Waals surface area contributed by atoms with Gasteiger partial charge in [-0.3, -0.25) is 4.79 Å². The minimum atomic E-state index is -0.357. The lowest BCUT2D eigenvalue weighted by Crippen LogP contribution is -2.29. The van der Waals surface area contributed by atoms with Crippen molar-refractivity contribution in [3.05, 3.63) is 21.9 Å². The minimum Gasteiger partial charge on any atom is -0.393 e. The van der Waals surface area contributed by atoms with Crippen LogP contribution < -0.4 is 0 Å². The van der Waals surface area contributed by atoms with E-state index < -0.39 is 0 Å². The maximum Gasteiger partial charge on any atom is 0.263 e. The van der Waals surface area contributed by atoms with Crippen LogP contribution in [-0.4, -0.2) is 35.6 Å². The highest BCUT2D eigenvalue weighted by molar-refractivity contribution is 7.12. The predicted molar refractivity (Wildman–Crippen MR) is 62.3 cm³/mol. The normalized spacial score (nSPS) is 12.5. The number of nitrogens with zero attached hydrogens (tertiary/aromatic N) is 1. The molecule has 0 bridgehead atoms. The monoisotopic (exact) mass is 227 g/mol. The molecule has 0 aliphatic carbocycles. The van der Waals surface area contributed by atoms with Gasteiger partial charge in [0.05, 0.1) is 11.0 Å². The van der Waals surface area contributed by atoms with Crippen molar-refractivity contribution in [2.45, 2.75) is 26.4 Å². The lowest BCUT2D eigenvalue weighted by Gasteiger charge is -2.17. The Labute approximate surface area is 94.3 Å². The number of amides is 1. The largest absolute Gasteiger partial charge is 0.393 e. The van der Waals surface area contributed by atoms with Crippen LogP contribution in [-0.2, 0) is 0 Å². The summed E-state index contributed by atoms with van der Waals surface area (Å²) in [6.45, 7) is 4.26. The Balaban J connectivity index is 2.57. The summed E-state index contributed by atoms with van der Waals surface area (Å²) in [6.07, 6.45) is 0.261. The van der Waals surface area contributed by atoms with Crippen LogP contribution in [0.15, 0.2) is 11.4 Å². The predicted octanol–water partition coefficient (Wildman–Crippen LogP) is 1.90. The highest BCUT2D eigenvalue weighted by atomic mass is 32.1. The van der Waals surface area contributed by atoms with Crippen LogP contribution in [0, 0.1) is 6.92 Å². The van der Waals surface area contributed by atoms with Crippen LogP contribution >= 0.6 is 11.3 Å². The molecule has 4 heteroatoms. The van der Waals surface area contributed by atoms with E-state index in [4.69, 9.17) is 5.11 Å². The van der Waals surface area contributed by atoms with E-state index in [1.165, 1.54) is 11.3 Å². The fraction of sp³-hybridized carbons (Fsp3) is 0.545. The van der Waals surface area contributed by atoms with Crippen molar-refractivity contribution in [3.8, 4) is 0 Å². The van der Waals surface area contributed by atoms with Gasteiger partial charge in [-0.2, -0.15) is 0 Å². The molecule has 1 unspecified atom stereocenters. The Morgan fingerprint density at radius 3 is 2.80 bits per heavy atom. The van der Waals surface area contributed by atoms with E-state index in [0.717, 1.165) is 10.4 Å². The number of aliphatic hydroxyl groups excluding tert-OH is 1. The molecule has 0 aliphatic heterocycles. The van der Waals surface area contributed by atoms with Gasteiger partial charge >= 0.3 is 0 Å². The molecule has 1 aromatic heterocycles. The standard InChI is InChI=1S/C11H17NO2S/c1-8-5-7-15-10(8)11(14)12(3)6-4-9(2)13/h5,7,9,13H,4,6H2,1-3H3. The minimum absolute atomic E-state index is 0.0446. The Hall–Kier alpha value is -0.870. The van der Waals surface area contributed by atoms with Gasteiger partial charge in [0.25, 0.3) is 5.91 Å². The first kappa shape index (κ1) is 12.2. The van der Waals surface area contributed by atoms with Gasteiger partial charge in [0, 0.05) is 13.6 Å². The Morgan fingerprint density at radius 2 is 2.33 bits per heavy atom. The van der Waals surface area contributed by atoms with E-state index in [9.17, 15) is 4.79 Å². The molecule has 1 rings (SSSR count). The molecule has 1 N–H and O–H groups in total. The van der Waals surface area contributed by atoms with Crippen molar-refractivity contribution >= 4 is 17.2 Å². The second kappa shape index (κ2) is 5.28. The molecular weight excluding hydrogens is 210 g/mol. The zero-order valence-corrected chi connectivity index (χ0v) is 10.2. The summed E-state index contributed by atoms with van der Waals surface area (Å²) in [4.78, 5) is 14.3. The van der Waals surface area contributed by atoms with Crippen molar-refractivity contribution in [2.24, 2.45) is 0 Å². The van der Waals surface area contributed by atoms with Gasteiger partial charge in [-0.15, -0.1) is 11.3 Å². The summed E-state index contributed by atoms with van der Waals surface area (Å²) >= 11 is 1.47. The lowest BCUT2D eigenvalue weighted by molar-refractivity contribution is 0.0773. The van der Waals surface area contributed by atoms with Crippen LogP contribution in [0.25, 0.3) is 0 Å². The third-order valence-electron chi connectivity index (χ3n) is 2.29. The highest BCUT2D eigenvalue weighted by Crippen LogP contribution is 2.17. The maximum atomic E-state index is 11.9. The molecule has 1 atom stereocenters. The molecule has 1 amide bonds. The SMILES string of the molecule is Cc1ccsc1C(=O)N(C)CCC(C)O. The van der Waals surface area contributed by atoms with Gasteiger partial charge in [-0.05, 0) is 37.3 Å². The van der Waals surface area contributed by atoms with Crippen molar-refractivity contribution in [1.82, 2.24) is 4.90 Å². The number of carbonyl (C=O) groups is 1. The zero-order valence-electron chi connectivity index (χ0n) is 9.36. The van der Waals surface area contributed by atoms with E-state index in [-0.39, 0.29) is 12.0 Å². The lowest BCUT2D eigenvalue weighted by atomic mass is 10.2. The Morgan fingerprint density at radius 1 is 1.67 bits per heavy atom. The average molecular weight is 227 g/mol. The zero-order chi connectivity index (χ0) is 11.4.